The van der Waals surface area contributed by atoms with Crippen molar-refractivity contribution in [2.75, 3.05) is 32.8 Å². The topological polar surface area (TPSA) is 49.8 Å². The predicted octanol–water partition coefficient (Wildman–Crippen LogP) is 3.02. The summed E-state index contributed by atoms with van der Waals surface area (Å²) >= 11 is 1.81. The maximum atomic E-state index is 5.74. The van der Waals surface area contributed by atoms with Crippen LogP contribution in [0.3, 0.4) is 0 Å². The van der Waals surface area contributed by atoms with Gasteiger partial charge in [-0.3, -0.25) is 4.99 Å². The first-order chi connectivity index (χ1) is 11.7. The van der Waals surface area contributed by atoms with Crippen LogP contribution in [-0.2, 0) is 17.6 Å². The van der Waals surface area contributed by atoms with Crippen LogP contribution >= 0.6 is 11.3 Å². The fraction of sp³-hybridized carbons (Fsp3) is 0.778. The summed E-state index contributed by atoms with van der Waals surface area (Å²) in [5, 5.41) is 4.64. The van der Waals surface area contributed by atoms with Gasteiger partial charge in [-0.05, 0) is 40.0 Å². The molecule has 0 aliphatic carbocycles. The Bertz CT molecular complexity index is 521. The molecule has 1 fully saturated rings. The highest BCUT2D eigenvalue weighted by atomic mass is 32.1. The van der Waals surface area contributed by atoms with Gasteiger partial charge in [-0.1, -0.05) is 6.92 Å². The van der Waals surface area contributed by atoms with Gasteiger partial charge in [-0.15, -0.1) is 11.3 Å². The number of aromatic nitrogens is 1. The summed E-state index contributed by atoms with van der Waals surface area (Å²) in [7, 11) is 0. The minimum atomic E-state index is 0.417. The first-order valence-electron chi connectivity index (χ1n) is 9.27. The quantitative estimate of drug-likeness (QED) is 0.605. The number of ether oxygens (including phenoxy) is 1. The maximum absolute atomic E-state index is 5.74. The largest absolute Gasteiger partial charge is 0.378 e. The zero-order valence-electron chi connectivity index (χ0n) is 15.6. The molecular formula is C18H32N4OS. The average Bonchev–Trinajstić information content (AvgIpc) is 2.95. The maximum Gasteiger partial charge on any atom is 0.193 e. The van der Waals surface area contributed by atoms with E-state index in [9.17, 15) is 0 Å². The Balaban J connectivity index is 1.88. The first-order valence-corrected chi connectivity index (χ1v) is 10.1. The van der Waals surface area contributed by atoms with Crippen LogP contribution in [0, 0.1) is 6.92 Å². The number of aryl methyl sites for hydroxylation is 2. The molecule has 1 aliphatic rings. The van der Waals surface area contributed by atoms with E-state index >= 15 is 0 Å². The molecule has 0 spiro atoms. The monoisotopic (exact) mass is 352 g/mol. The van der Waals surface area contributed by atoms with Gasteiger partial charge in [0.15, 0.2) is 5.96 Å². The van der Waals surface area contributed by atoms with Crippen LogP contribution in [0.5, 0.6) is 0 Å². The van der Waals surface area contributed by atoms with E-state index in [2.05, 4.69) is 37.9 Å². The van der Waals surface area contributed by atoms with Crippen molar-refractivity contribution in [3.05, 3.63) is 15.6 Å². The van der Waals surface area contributed by atoms with Crippen molar-refractivity contribution in [1.29, 1.82) is 0 Å². The molecule has 1 N–H and O–H groups in total. The number of thiazole rings is 1. The SMILES string of the molecule is CCNC(=NCCc1nc(CC)c(C)s1)N1CCC(OCC)CC1. The van der Waals surface area contributed by atoms with Crippen molar-refractivity contribution < 1.29 is 4.74 Å². The van der Waals surface area contributed by atoms with Gasteiger partial charge in [-0.25, -0.2) is 4.98 Å². The van der Waals surface area contributed by atoms with Crippen LogP contribution in [0.15, 0.2) is 4.99 Å². The number of nitrogens with one attached hydrogen (secondary N) is 1. The van der Waals surface area contributed by atoms with Crippen molar-refractivity contribution in [3.63, 3.8) is 0 Å². The van der Waals surface area contributed by atoms with E-state index in [0.29, 0.717) is 6.10 Å². The van der Waals surface area contributed by atoms with E-state index in [1.807, 2.05) is 11.3 Å². The van der Waals surface area contributed by atoms with E-state index < -0.39 is 0 Å². The lowest BCUT2D eigenvalue weighted by Gasteiger charge is -2.34. The molecule has 0 bridgehead atoms. The second kappa shape index (κ2) is 9.99. The van der Waals surface area contributed by atoms with Gasteiger partial charge in [0.05, 0.1) is 16.8 Å². The van der Waals surface area contributed by atoms with Crippen LogP contribution in [0.1, 0.15) is 49.2 Å². The van der Waals surface area contributed by atoms with Crippen molar-refractivity contribution in [2.24, 2.45) is 4.99 Å². The van der Waals surface area contributed by atoms with Gasteiger partial charge >= 0.3 is 0 Å². The Morgan fingerprint density at radius 3 is 2.67 bits per heavy atom. The normalized spacial score (nSPS) is 16.7. The van der Waals surface area contributed by atoms with Crippen LogP contribution in [-0.4, -0.2) is 54.7 Å². The fourth-order valence-corrected chi connectivity index (χ4v) is 4.09. The van der Waals surface area contributed by atoms with Gasteiger partial charge in [0, 0.05) is 44.1 Å². The van der Waals surface area contributed by atoms with Crippen LogP contribution in [0.2, 0.25) is 0 Å². The summed E-state index contributed by atoms with van der Waals surface area (Å²) in [5.41, 5.74) is 1.24. The molecular weight excluding hydrogens is 320 g/mol. The Kier molecular flexibility index (Phi) is 7.99. The van der Waals surface area contributed by atoms with Crippen LogP contribution in [0.4, 0.5) is 0 Å². The molecule has 2 heterocycles. The van der Waals surface area contributed by atoms with Crippen molar-refractivity contribution in [2.45, 2.75) is 59.5 Å². The molecule has 0 saturated carbocycles. The number of rotatable bonds is 7. The molecule has 0 aromatic carbocycles. The molecule has 1 aromatic rings. The Labute approximate surface area is 150 Å². The Hall–Kier alpha value is -1.14. The van der Waals surface area contributed by atoms with E-state index in [4.69, 9.17) is 14.7 Å². The number of aliphatic imine (C=N–C) groups is 1. The third-order valence-corrected chi connectivity index (χ3v) is 5.41. The molecule has 2 rings (SSSR count). The summed E-state index contributed by atoms with van der Waals surface area (Å²) in [6.07, 6.45) is 4.53. The standard InChI is InChI=1S/C18H32N4OS/c1-5-16-14(4)24-17(21-16)8-11-20-18(19-6-2)22-12-9-15(10-13-22)23-7-3/h15H,5-13H2,1-4H3,(H,19,20). The summed E-state index contributed by atoms with van der Waals surface area (Å²) in [6, 6.07) is 0. The van der Waals surface area contributed by atoms with Crippen molar-refractivity contribution >= 4 is 17.3 Å². The van der Waals surface area contributed by atoms with Crippen molar-refractivity contribution in [3.8, 4) is 0 Å². The summed E-state index contributed by atoms with van der Waals surface area (Å²) in [6.45, 7) is 13.1. The zero-order chi connectivity index (χ0) is 17.4. The molecule has 0 atom stereocenters. The lowest BCUT2D eigenvalue weighted by molar-refractivity contribution is 0.0264. The van der Waals surface area contributed by atoms with E-state index in [-0.39, 0.29) is 0 Å². The van der Waals surface area contributed by atoms with E-state index in [0.717, 1.165) is 64.4 Å². The smallest absolute Gasteiger partial charge is 0.193 e. The van der Waals surface area contributed by atoms with Crippen molar-refractivity contribution in [1.82, 2.24) is 15.2 Å². The van der Waals surface area contributed by atoms with Gasteiger partial charge in [-0.2, -0.15) is 0 Å². The third kappa shape index (κ3) is 5.45. The molecule has 24 heavy (non-hydrogen) atoms. The second-order valence-electron chi connectivity index (χ2n) is 6.09. The van der Waals surface area contributed by atoms with Crippen LogP contribution in [0.25, 0.3) is 0 Å². The second-order valence-corrected chi connectivity index (χ2v) is 7.38. The summed E-state index contributed by atoms with van der Waals surface area (Å²) in [4.78, 5) is 13.3. The zero-order valence-corrected chi connectivity index (χ0v) is 16.4. The fourth-order valence-electron chi connectivity index (χ4n) is 3.08. The summed E-state index contributed by atoms with van der Waals surface area (Å²) in [5.74, 6) is 1.04. The number of hydrogen-bond acceptors (Lipinski definition) is 4. The molecule has 1 aliphatic heterocycles. The highest BCUT2D eigenvalue weighted by Crippen LogP contribution is 2.18. The Morgan fingerprint density at radius 1 is 1.33 bits per heavy atom. The molecule has 1 saturated heterocycles. The number of nitrogens with zero attached hydrogens (tertiary/aromatic N) is 3. The molecule has 0 amide bonds. The van der Waals surface area contributed by atoms with Gasteiger partial charge in [0.25, 0.3) is 0 Å². The van der Waals surface area contributed by atoms with Gasteiger partial charge < -0.3 is 15.0 Å². The minimum absolute atomic E-state index is 0.417. The first kappa shape index (κ1) is 19.2. The van der Waals surface area contributed by atoms with Gasteiger partial charge in [0.1, 0.15) is 0 Å². The lowest BCUT2D eigenvalue weighted by atomic mass is 10.1. The molecule has 0 radical (unpaired) electrons. The summed E-state index contributed by atoms with van der Waals surface area (Å²) < 4.78 is 5.74. The average molecular weight is 353 g/mol. The number of hydrogen-bond donors (Lipinski definition) is 1. The predicted molar refractivity (Wildman–Crippen MR) is 102 cm³/mol. The highest BCUT2D eigenvalue weighted by Gasteiger charge is 2.21. The van der Waals surface area contributed by atoms with Gasteiger partial charge in [0.2, 0.25) is 0 Å². The molecule has 5 nitrogen and oxygen atoms in total. The van der Waals surface area contributed by atoms with E-state index in [1.165, 1.54) is 15.6 Å². The Morgan fingerprint density at radius 2 is 2.08 bits per heavy atom. The minimum Gasteiger partial charge on any atom is -0.378 e. The molecule has 6 heteroatoms. The molecule has 0 unspecified atom stereocenters. The lowest BCUT2D eigenvalue weighted by Crippen LogP contribution is -2.47. The number of piperidine rings is 1. The van der Waals surface area contributed by atoms with Crippen LogP contribution < -0.4 is 5.32 Å². The molecule has 136 valence electrons. The van der Waals surface area contributed by atoms with E-state index in [1.54, 1.807) is 0 Å². The highest BCUT2D eigenvalue weighted by molar-refractivity contribution is 7.11. The third-order valence-electron chi connectivity index (χ3n) is 4.34. The number of guanidine groups is 1. The number of likely N-dealkylation sites (tertiary alicyclic amines) is 1. The molecule has 1 aromatic heterocycles.